The Balaban J connectivity index is 0.00000128. The van der Waals surface area contributed by atoms with Crippen LogP contribution in [0.2, 0.25) is 5.22 Å². The van der Waals surface area contributed by atoms with Crippen molar-refractivity contribution in [2.24, 2.45) is 5.73 Å². The zero-order valence-electron chi connectivity index (χ0n) is 8.69. The number of nitrogens with zero attached hydrogens (tertiary/aromatic N) is 1. The van der Waals surface area contributed by atoms with Gasteiger partial charge in [-0.3, -0.25) is 4.79 Å². The lowest BCUT2D eigenvalue weighted by molar-refractivity contribution is 0.0677. The van der Waals surface area contributed by atoms with Crippen LogP contribution >= 0.6 is 24.0 Å². The standard InChI is InChI=1S/C10H13ClN2O2.ClH/c11-9-4-3-8(15-9)10(14)13-5-1-2-7(12)6-13;/h3-4,7H,1-2,5-6,12H2;1H. The topological polar surface area (TPSA) is 59.5 Å². The molecule has 1 aromatic heterocycles. The zero-order valence-corrected chi connectivity index (χ0v) is 10.3. The Morgan fingerprint density at radius 1 is 1.56 bits per heavy atom. The van der Waals surface area contributed by atoms with Crippen molar-refractivity contribution in [2.45, 2.75) is 18.9 Å². The number of nitrogens with two attached hydrogens (primary N) is 1. The molecule has 0 aromatic carbocycles. The minimum Gasteiger partial charge on any atom is -0.440 e. The van der Waals surface area contributed by atoms with E-state index in [1.54, 1.807) is 17.0 Å². The highest BCUT2D eigenvalue weighted by atomic mass is 35.5. The highest BCUT2D eigenvalue weighted by Crippen LogP contribution is 2.17. The van der Waals surface area contributed by atoms with E-state index in [-0.39, 0.29) is 35.3 Å². The first-order chi connectivity index (χ1) is 7.16. The fraction of sp³-hybridized carbons (Fsp3) is 0.500. The Morgan fingerprint density at radius 3 is 2.88 bits per heavy atom. The van der Waals surface area contributed by atoms with Crippen LogP contribution in [-0.2, 0) is 0 Å². The molecule has 6 heteroatoms. The Labute approximate surface area is 105 Å². The lowest BCUT2D eigenvalue weighted by Crippen LogP contribution is -2.45. The lowest BCUT2D eigenvalue weighted by atomic mass is 10.1. The van der Waals surface area contributed by atoms with Crippen molar-refractivity contribution in [3.63, 3.8) is 0 Å². The first-order valence-electron chi connectivity index (χ1n) is 4.97. The van der Waals surface area contributed by atoms with Crippen molar-refractivity contribution in [2.75, 3.05) is 13.1 Å². The maximum atomic E-state index is 11.9. The molecule has 0 aliphatic carbocycles. The summed E-state index contributed by atoms with van der Waals surface area (Å²) in [6.07, 6.45) is 1.92. The third kappa shape index (κ3) is 2.90. The molecule has 1 amide bonds. The normalized spacial score (nSPS) is 20.4. The quantitative estimate of drug-likeness (QED) is 0.843. The van der Waals surface area contributed by atoms with Gasteiger partial charge >= 0.3 is 0 Å². The second-order valence-electron chi connectivity index (χ2n) is 3.76. The predicted octanol–water partition coefficient (Wildman–Crippen LogP) is 1.92. The predicted molar refractivity (Wildman–Crippen MR) is 64.1 cm³/mol. The van der Waals surface area contributed by atoms with Gasteiger partial charge in [0.1, 0.15) is 0 Å². The molecule has 1 unspecified atom stereocenters. The molecule has 1 atom stereocenters. The first-order valence-corrected chi connectivity index (χ1v) is 5.35. The van der Waals surface area contributed by atoms with Gasteiger partial charge in [0.05, 0.1) is 0 Å². The van der Waals surface area contributed by atoms with Gasteiger partial charge in [-0.1, -0.05) is 0 Å². The summed E-state index contributed by atoms with van der Waals surface area (Å²) in [4.78, 5) is 13.6. The molecular weight excluding hydrogens is 251 g/mol. The summed E-state index contributed by atoms with van der Waals surface area (Å²) in [6, 6.07) is 3.23. The number of furan rings is 1. The summed E-state index contributed by atoms with van der Waals surface area (Å²) in [5, 5.41) is 0.236. The SMILES string of the molecule is Cl.NC1CCCN(C(=O)c2ccc(Cl)o2)C1. The number of piperidine rings is 1. The number of amides is 1. The van der Waals surface area contributed by atoms with Crippen LogP contribution in [0.1, 0.15) is 23.4 Å². The molecule has 1 aromatic rings. The van der Waals surface area contributed by atoms with Gasteiger partial charge in [0.2, 0.25) is 0 Å². The minimum absolute atomic E-state index is 0. The van der Waals surface area contributed by atoms with E-state index in [9.17, 15) is 4.79 Å². The molecule has 0 bridgehead atoms. The van der Waals surface area contributed by atoms with Crippen molar-refractivity contribution in [3.05, 3.63) is 23.1 Å². The van der Waals surface area contributed by atoms with Crippen LogP contribution in [0.4, 0.5) is 0 Å². The maximum absolute atomic E-state index is 11.9. The Hall–Kier alpha value is -0.710. The number of likely N-dealkylation sites (tertiary alicyclic amines) is 1. The van der Waals surface area contributed by atoms with E-state index in [1.165, 1.54) is 0 Å². The number of rotatable bonds is 1. The summed E-state index contributed by atoms with van der Waals surface area (Å²) in [6.45, 7) is 1.34. The number of hydrogen-bond donors (Lipinski definition) is 1. The highest BCUT2D eigenvalue weighted by Gasteiger charge is 2.24. The number of carbonyl (C=O) groups excluding carboxylic acids is 1. The molecule has 2 rings (SSSR count). The largest absolute Gasteiger partial charge is 0.440 e. The Kier molecular flexibility index (Phi) is 4.65. The average molecular weight is 265 g/mol. The third-order valence-corrected chi connectivity index (χ3v) is 2.73. The van der Waals surface area contributed by atoms with E-state index in [4.69, 9.17) is 21.8 Å². The summed E-state index contributed by atoms with van der Waals surface area (Å²) in [5.74, 6) is 0.158. The Bertz CT molecular complexity index is 367. The van der Waals surface area contributed by atoms with Gasteiger partial charge in [-0.15, -0.1) is 12.4 Å². The summed E-state index contributed by atoms with van der Waals surface area (Å²) in [7, 11) is 0. The molecular formula is C10H14Cl2N2O2. The van der Waals surface area contributed by atoms with Crippen molar-refractivity contribution in [1.82, 2.24) is 4.90 Å². The first kappa shape index (κ1) is 13.4. The van der Waals surface area contributed by atoms with E-state index in [1.807, 2.05) is 0 Å². The summed E-state index contributed by atoms with van der Waals surface area (Å²) < 4.78 is 5.07. The van der Waals surface area contributed by atoms with E-state index in [2.05, 4.69) is 0 Å². The van der Waals surface area contributed by atoms with Gasteiger partial charge in [0, 0.05) is 19.1 Å². The van der Waals surface area contributed by atoms with Gasteiger partial charge in [-0.05, 0) is 36.6 Å². The average Bonchev–Trinajstić information content (AvgIpc) is 2.64. The number of hydrogen-bond acceptors (Lipinski definition) is 3. The number of halogens is 2. The minimum atomic E-state index is -0.128. The van der Waals surface area contributed by atoms with Crippen LogP contribution in [0.25, 0.3) is 0 Å². The lowest BCUT2D eigenvalue weighted by Gasteiger charge is -2.29. The van der Waals surface area contributed by atoms with Gasteiger partial charge in [-0.25, -0.2) is 0 Å². The van der Waals surface area contributed by atoms with Crippen LogP contribution in [0.15, 0.2) is 16.5 Å². The zero-order chi connectivity index (χ0) is 10.8. The third-order valence-electron chi connectivity index (χ3n) is 2.53. The van der Waals surface area contributed by atoms with Crippen molar-refractivity contribution in [1.29, 1.82) is 0 Å². The van der Waals surface area contributed by atoms with Gasteiger partial charge in [-0.2, -0.15) is 0 Å². The van der Waals surface area contributed by atoms with E-state index >= 15 is 0 Å². The van der Waals surface area contributed by atoms with Crippen molar-refractivity contribution >= 4 is 29.9 Å². The molecule has 2 heterocycles. The van der Waals surface area contributed by atoms with Crippen LogP contribution in [0.5, 0.6) is 0 Å². The molecule has 1 aliphatic rings. The maximum Gasteiger partial charge on any atom is 0.289 e. The van der Waals surface area contributed by atoms with Crippen LogP contribution in [-0.4, -0.2) is 29.9 Å². The highest BCUT2D eigenvalue weighted by molar-refractivity contribution is 6.29. The molecule has 1 fully saturated rings. The second-order valence-corrected chi connectivity index (χ2v) is 4.13. The van der Waals surface area contributed by atoms with Crippen LogP contribution in [0, 0.1) is 0 Å². The fourth-order valence-electron chi connectivity index (χ4n) is 1.78. The van der Waals surface area contributed by atoms with Crippen LogP contribution in [0.3, 0.4) is 0 Å². The summed E-state index contributed by atoms with van der Waals surface area (Å²) >= 11 is 5.61. The van der Waals surface area contributed by atoms with Gasteiger partial charge < -0.3 is 15.1 Å². The molecule has 4 nitrogen and oxygen atoms in total. The molecule has 16 heavy (non-hydrogen) atoms. The summed E-state index contributed by atoms with van der Waals surface area (Å²) in [5.41, 5.74) is 5.80. The van der Waals surface area contributed by atoms with Crippen molar-refractivity contribution < 1.29 is 9.21 Å². The molecule has 0 radical (unpaired) electrons. The second kappa shape index (κ2) is 5.57. The van der Waals surface area contributed by atoms with Crippen LogP contribution < -0.4 is 5.73 Å². The molecule has 2 N–H and O–H groups in total. The van der Waals surface area contributed by atoms with E-state index in [0.717, 1.165) is 19.4 Å². The van der Waals surface area contributed by atoms with E-state index < -0.39 is 0 Å². The smallest absolute Gasteiger partial charge is 0.289 e. The molecule has 0 spiro atoms. The monoisotopic (exact) mass is 264 g/mol. The molecule has 1 aliphatic heterocycles. The van der Waals surface area contributed by atoms with Crippen molar-refractivity contribution in [3.8, 4) is 0 Å². The van der Waals surface area contributed by atoms with Gasteiger partial charge in [0.25, 0.3) is 5.91 Å². The molecule has 0 saturated carbocycles. The molecule has 90 valence electrons. The molecule has 1 saturated heterocycles. The number of carbonyl (C=O) groups is 1. The fourth-order valence-corrected chi connectivity index (χ4v) is 1.93. The van der Waals surface area contributed by atoms with E-state index in [0.29, 0.717) is 6.54 Å². The van der Waals surface area contributed by atoms with Gasteiger partial charge in [0.15, 0.2) is 11.0 Å². The Morgan fingerprint density at radius 2 is 2.31 bits per heavy atom.